The smallest absolute Gasteiger partial charge is 0.259 e. The molecule has 0 N–H and O–H groups in total. The maximum absolute atomic E-state index is 12.9. The van der Waals surface area contributed by atoms with Crippen LogP contribution in [0.25, 0.3) is 10.9 Å². The van der Waals surface area contributed by atoms with Crippen LogP contribution in [0.5, 0.6) is 5.75 Å². The molecule has 1 aliphatic rings. The van der Waals surface area contributed by atoms with Crippen LogP contribution in [0.2, 0.25) is 0 Å². The van der Waals surface area contributed by atoms with E-state index in [0.717, 1.165) is 28.0 Å². The van der Waals surface area contributed by atoms with Crippen LogP contribution in [0.3, 0.4) is 0 Å². The minimum Gasteiger partial charge on any atom is -0.497 e. The van der Waals surface area contributed by atoms with Crippen LogP contribution in [-0.2, 0) is 16.6 Å². The number of aryl methyl sites for hydroxylation is 1. The Morgan fingerprint density at radius 1 is 1.18 bits per heavy atom. The molecule has 2 heterocycles. The number of hydrogen-bond donors (Lipinski definition) is 0. The number of rotatable bonds is 6. The molecule has 4 rings (SSSR count). The van der Waals surface area contributed by atoms with Gasteiger partial charge in [0, 0.05) is 23.9 Å². The molecule has 3 aromatic rings. The molecule has 0 spiro atoms. The summed E-state index contributed by atoms with van der Waals surface area (Å²) in [6.07, 6.45) is 1.14. The molecule has 2 unspecified atom stereocenters. The highest BCUT2D eigenvalue weighted by molar-refractivity contribution is 6.05. The Kier molecular flexibility index (Phi) is 4.78. The van der Waals surface area contributed by atoms with Gasteiger partial charge in [-0.2, -0.15) is 0 Å². The van der Waals surface area contributed by atoms with Crippen molar-refractivity contribution in [2.45, 2.75) is 12.1 Å². The van der Waals surface area contributed by atoms with Crippen molar-refractivity contribution in [1.29, 1.82) is 0 Å². The quantitative estimate of drug-likeness (QED) is 0.484. The number of ether oxygens (including phenoxy) is 2. The molecule has 0 saturated carbocycles. The number of fused-ring (bicyclic) bond motifs is 1. The summed E-state index contributed by atoms with van der Waals surface area (Å²) in [6.45, 7) is 3.85. The lowest BCUT2D eigenvalue weighted by Crippen LogP contribution is -2.60. The molecule has 2 aromatic carbocycles. The Morgan fingerprint density at radius 2 is 1.93 bits per heavy atom. The molecular weight excluding hydrogens is 352 g/mol. The fourth-order valence-corrected chi connectivity index (χ4v) is 3.75. The number of methoxy groups -OCH3 is 1. The highest BCUT2D eigenvalue weighted by atomic mass is 16.5. The maximum Gasteiger partial charge on any atom is 0.259 e. The zero-order valence-corrected chi connectivity index (χ0v) is 16.0. The van der Waals surface area contributed by atoms with Gasteiger partial charge in [-0.1, -0.05) is 24.8 Å². The van der Waals surface area contributed by atoms with Crippen LogP contribution in [0.1, 0.15) is 11.7 Å². The van der Waals surface area contributed by atoms with Crippen molar-refractivity contribution in [1.82, 2.24) is 4.57 Å². The van der Waals surface area contributed by atoms with Crippen molar-refractivity contribution >= 4 is 22.5 Å². The molecule has 28 heavy (non-hydrogen) atoms. The molecule has 5 nitrogen and oxygen atoms in total. The van der Waals surface area contributed by atoms with E-state index in [-0.39, 0.29) is 11.9 Å². The second-order valence-electron chi connectivity index (χ2n) is 6.70. The molecule has 2 atom stereocenters. The highest BCUT2D eigenvalue weighted by Crippen LogP contribution is 2.42. The van der Waals surface area contributed by atoms with Crippen molar-refractivity contribution in [2.75, 3.05) is 18.6 Å². The first-order valence-corrected chi connectivity index (χ1v) is 9.13. The van der Waals surface area contributed by atoms with Crippen molar-refractivity contribution in [3.8, 4) is 5.75 Å². The fourth-order valence-electron chi connectivity index (χ4n) is 3.75. The Morgan fingerprint density at radius 3 is 2.61 bits per heavy atom. The predicted molar refractivity (Wildman–Crippen MR) is 110 cm³/mol. The summed E-state index contributed by atoms with van der Waals surface area (Å²) in [4.78, 5) is 14.7. The van der Waals surface area contributed by atoms with Gasteiger partial charge in [-0.15, -0.1) is 5.73 Å². The summed E-state index contributed by atoms with van der Waals surface area (Å²) in [6, 6.07) is 17.6. The number of nitrogens with zero attached hydrogens (tertiary/aromatic N) is 2. The Hall–Kier alpha value is -3.27. The van der Waals surface area contributed by atoms with Crippen LogP contribution in [0.4, 0.5) is 5.69 Å². The molecule has 1 saturated heterocycles. The lowest BCUT2D eigenvalue weighted by Gasteiger charge is -2.46. The normalized spacial score (nSPS) is 18.6. The standard InChI is InChI=1S/C23H22N2O3/c1-4-5-14-28-22-21(20-15-16-8-6-7-9-19(16)24(20)2)25(23(22)26)17-10-12-18(27-3)13-11-17/h5-13,15,21-22H,1,14H2,2-3H3. The van der Waals surface area contributed by atoms with E-state index >= 15 is 0 Å². The van der Waals surface area contributed by atoms with Gasteiger partial charge >= 0.3 is 0 Å². The van der Waals surface area contributed by atoms with E-state index in [2.05, 4.69) is 35.1 Å². The van der Waals surface area contributed by atoms with Crippen LogP contribution in [0.15, 0.2) is 73.0 Å². The first-order valence-electron chi connectivity index (χ1n) is 9.13. The van der Waals surface area contributed by atoms with Crippen molar-refractivity contribution in [3.63, 3.8) is 0 Å². The summed E-state index contributed by atoms with van der Waals surface area (Å²) in [5.41, 5.74) is 5.66. The summed E-state index contributed by atoms with van der Waals surface area (Å²) >= 11 is 0. The zero-order chi connectivity index (χ0) is 19.7. The molecule has 0 bridgehead atoms. The predicted octanol–water partition coefficient (Wildman–Crippen LogP) is 4.00. The van der Waals surface area contributed by atoms with E-state index in [9.17, 15) is 4.79 Å². The van der Waals surface area contributed by atoms with Crippen LogP contribution in [-0.4, -0.2) is 30.3 Å². The molecule has 1 aromatic heterocycles. The molecule has 0 aliphatic carbocycles. The molecule has 1 aliphatic heterocycles. The average molecular weight is 374 g/mol. The van der Waals surface area contributed by atoms with Gasteiger partial charge in [-0.05, 0) is 47.9 Å². The number of anilines is 1. The van der Waals surface area contributed by atoms with Crippen LogP contribution in [0, 0.1) is 0 Å². The summed E-state index contributed by atoms with van der Waals surface area (Å²) in [7, 11) is 3.65. The molecule has 1 fully saturated rings. The van der Waals surface area contributed by atoms with Gasteiger partial charge in [0.15, 0.2) is 6.10 Å². The van der Waals surface area contributed by atoms with E-state index in [1.807, 2.05) is 43.4 Å². The first-order chi connectivity index (χ1) is 13.7. The number of β-lactam (4-membered cyclic amide) rings is 1. The fraction of sp³-hybridized carbons (Fsp3) is 0.217. The molecule has 142 valence electrons. The lowest BCUT2D eigenvalue weighted by molar-refractivity contribution is -0.141. The number of carbonyl (C=O) groups excluding carboxylic acids is 1. The monoisotopic (exact) mass is 374 g/mol. The second kappa shape index (κ2) is 7.39. The largest absolute Gasteiger partial charge is 0.497 e. The van der Waals surface area contributed by atoms with Crippen LogP contribution < -0.4 is 9.64 Å². The number of benzene rings is 2. The van der Waals surface area contributed by atoms with E-state index < -0.39 is 6.10 Å². The van der Waals surface area contributed by atoms with Gasteiger partial charge in [0.25, 0.3) is 5.91 Å². The average Bonchev–Trinajstić information content (AvgIpc) is 3.05. The van der Waals surface area contributed by atoms with Crippen LogP contribution >= 0.6 is 0 Å². The van der Waals surface area contributed by atoms with E-state index in [0.29, 0.717) is 6.61 Å². The van der Waals surface area contributed by atoms with Gasteiger partial charge in [0.2, 0.25) is 0 Å². The summed E-state index contributed by atoms with van der Waals surface area (Å²) < 4.78 is 13.2. The second-order valence-corrected chi connectivity index (χ2v) is 6.70. The summed E-state index contributed by atoms with van der Waals surface area (Å²) in [5, 5.41) is 1.14. The Labute approximate surface area is 164 Å². The van der Waals surface area contributed by atoms with Gasteiger partial charge in [0.05, 0.1) is 13.7 Å². The van der Waals surface area contributed by atoms with Crippen molar-refractivity contribution < 1.29 is 14.3 Å². The first kappa shape index (κ1) is 18.1. The minimum atomic E-state index is -0.547. The van der Waals surface area contributed by atoms with Gasteiger partial charge < -0.3 is 14.0 Å². The minimum absolute atomic E-state index is 0.0575. The molecule has 0 radical (unpaired) electrons. The third-order valence-corrected chi connectivity index (χ3v) is 5.19. The highest BCUT2D eigenvalue weighted by Gasteiger charge is 2.51. The molecule has 5 heteroatoms. The van der Waals surface area contributed by atoms with Crippen molar-refractivity contribution in [2.24, 2.45) is 7.05 Å². The third kappa shape index (κ3) is 2.91. The third-order valence-electron chi connectivity index (χ3n) is 5.19. The van der Waals surface area contributed by atoms with Gasteiger partial charge in [0.1, 0.15) is 11.8 Å². The lowest BCUT2D eigenvalue weighted by atomic mass is 9.93. The number of aromatic nitrogens is 1. The molecular formula is C23H22N2O3. The SMILES string of the molecule is C=C=CCOC1C(=O)N(c2ccc(OC)cc2)C1c1cc2ccccc2n1C. The number of carbonyl (C=O) groups is 1. The van der Waals surface area contributed by atoms with E-state index in [1.165, 1.54) is 0 Å². The van der Waals surface area contributed by atoms with Gasteiger partial charge in [-0.3, -0.25) is 9.69 Å². The van der Waals surface area contributed by atoms with Gasteiger partial charge in [-0.25, -0.2) is 0 Å². The number of para-hydroxylation sites is 1. The maximum atomic E-state index is 12.9. The zero-order valence-electron chi connectivity index (χ0n) is 16.0. The Balaban J connectivity index is 1.75. The summed E-state index contributed by atoms with van der Waals surface area (Å²) in [5.74, 6) is 0.694. The van der Waals surface area contributed by atoms with E-state index in [1.54, 1.807) is 18.1 Å². The number of hydrogen-bond acceptors (Lipinski definition) is 3. The molecule has 1 amide bonds. The van der Waals surface area contributed by atoms with E-state index in [4.69, 9.17) is 9.47 Å². The topological polar surface area (TPSA) is 43.7 Å². The Bertz CT molecular complexity index is 1060. The van der Waals surface area contributed by atoms with Crippen molar-refractivity contribution in [3.05, 3.63) is 78.7 Å². The number of amides is 1.